The van der Waals surface area contributed by atoms with E-state index < -0.39 is 0 Å². The van der Waals surface area contributed by atoms with Crippen molar-refractivity contribution in [3.05, 3.63) is 77.1 Å². The summed E-state index contributed by atoms with van der Waals surface area (Å²) in [5.74, 6) is -0.309. The van der Waals surface area contributed by atoms with Crippen LogP contribution in [-0.4, -0.2) is 11.8 Å². The number of hydrogen-bond donors (Lipinski definition) is 3. The maximum Gasteiger partial charge on any atom is 0.130 e. The zero-order chi connectivity index (χ0) is 18.7. The van der Waals surface area contributed by atoms with Crippen molar-refractivity contribution in [3.63, 3.8) is 0 Å². The van der Waals surface area contributed by atoms with Crippen molar-refractivity contribution in [2.75, 3.05) is 5.73 Å². The molecule has 0 unspecified atom stereocenters. The number of allylic oxidation sites excluding steroid dienone is 1. The van der Waals surface area contributed by atoms with Crippen LogP contribution in [0, 0.1) is 11.2 Å². The third kappa shape index (κ3) is 3.85. The Kier molecular flexibility index (Phi) is 5.21. The fourth-order valence-corrected chi connectivity index (χ4v) is 3.05. The highest BCUT2D eigenvalue weighted by Crippen LogP contribution is 2.29. The van der Waals surface area contributed by atoms with Gasteiger partial charge in [0, 0.05) is 34.1 Å². The summed E-state index contributed by atoms with van der Waals surface area (Å²) in [5, 5.41) is 11.9. The first-order valence-electron chi connectivity index (χ1n) is 8.90. The molecule has 1 aliphatic carbocycles. The average molecular weight is 349 g/mol. The van der Waals surface area contributed by atoms with Crippen molar-refractivity contribution in [1.82, 2.24) is 5.32 Å². The predicted molar refractivity (Wildman–Crippen MR) is 108 cm³/mol. The van der Waals surface area contributed by atoms with Crippen molar-refractivity contribution < 1.29 is 4.39 Å². The van der Waals surface area contributed by atoms with Crippen molar-refractivity contribution in [2.45, 2.75) is 32.2 Å². The van der Waals surface area contributed by atoms with Crippen LogP contribution in [-0.2, 0) is 6.42 Å². The molecule has 0 radical (unpaired) electrons. The Hall–Kier alpha value is -2.88. The quantitative estimate of drug-likeness (QED) is 0.498. The summed E-state index contributed by atoms with van der Waals surface area (Å²) in [4.78, 5) is 0. The Morgan fingerprint density at radius 1 is 1.31 bits per heavy atom. The van der Waals surface area contributed by atoms with Gasteiger partial charge >= 0.3 is 0 Å². The first kappa shape index (κ1) is 17.9. The van der Waals surface area contributed by atoms with Crippen LogP contribution in [0.3, 0.4) is 0 Å². The van der Waals surface area contributed by atoms with Crippen LogP contribution in [0.2, 0.25) is 0 Å². The summed E-state index contributed by atoms with van der Waals surface area (Å²) in [7, 11) is 0. The van der Waals surface area contributed by atoms with E-state index in [1.807, 2.05) is 19.1 Å². The predicted octanol–water partition coefficient (Wildman–Crippen LogP) is 4.77. The van der Waals surface area contributed by atoms with Crippen molar-refractivity contribution in [2.24, 2.45) is 0 Å². The molecule has 0 spiro atoms. The standard InChI is InChI=1S/C22H24FN3/c1-3-17-18(14(2)26-16-9-10-16)11-13-21(25)22(17)20(24)12-8-15-6-4-5-7-19(15)23/h4-8,11-13,16,24,26H,2-3,9-10,25H2,1H3/b12-8+,24-20?. The molecule has 1 aliphatic rings. The van der Waals surface area contributed by atoms with Crippen LogP contribution in [0.1, 0.15) is 42.0 Å². The lowest BCUT2D eigenvalue weighted by molar-refractivity contribution is 0.625. The second-order valence-corrected chi connectivity index (χ2v) is 6.58. The first-order valence-corrected chi connectivity index (χ1v) is 8.90. The average Bonchev–Trinajstić information content (AvgIpc) is 3.44. The van der Waals surface area contributed by atoms with Gasteiger partial charge in [0.25, 0.3) is 0 Å². The van der Waals surface area contributed by atoms with Gasteiger partial charge < -0.3 is 16.5 Å². The lowest BCUT2D eigenvalue weighted by Gasteiger charge is -2.18. The van der Waals surface area contributed by atoms with Crippen molar-refractivity contribution >= 4 is 23.2 Å². The molecule has 0 atom stereocenters. The van der Waals surface area contributed by atoms with Gasteiger partial charge in [-0.15, -0.1) is 0 Å². The van der Waals surface area contributed by atoms with E-state index in [2.05, 4.69) is 11.9 Å². The number of anilines is 1. The van der Waals surface area contributed by atoms with Crippen LogP contribution < -0.4 is 11.1 Å². The second kappa shape index (κ2) is 7.56. The Bertz CT molecular complexity index is 879. The summed E-state index contributed by atoms with van der Waals surface area (Å²) in [5.41, 5.74) is 11.0. The number of hydrogen-bond acceptors (Lipinski definition) is 3. The van der Waals surface area contributed by atoms with Crippen LogP contribution in [0.4, 0.5) is 10.1 Å². The van der Waals surface area contributed by atoms with Crippen molar-refractivity contribution in [1.29, 1.82) is 5.41 Å². The molecular formula is C22H24FN3. The zero-order valence-electron chi connectivity index (χ0n) is 15.0. The molecule has 0 bridgehead atoms. The maximum atomic E-state index is 13.8. The lowest BCUT2D eigenvalue weighted by Crippen LogP contribution is -2.16. The molecule has 4 heteroatoms. The normalized spacial score (nSPS) is 13.8. The molecule has 0 amide bonds. The fraction of sp³-hybridized carbons (Fsp3) is 0.227. The highest BCUT2D eigenvalue weighted by Gasteiger charge is 2.23. The molecule has 1 fully saturated rings. The topological polar surface area (TPSA) is 61.9 Å². The smallest absolute Gasteiger partial charge is 0.130 e. The monoisotopic (exact) mass is 349 g/mol. The Morgan fingerprint density at radius 3 is 2.69 bits per heavy atom. The summed E-state index contributed by atoms with van der Waals surface area (Å²) in [6.45, 7) is 6.20. The van der Waals surface area contributed by atoms with E-state index in [1.54, 1.807) is 30.4 Å². The van der Waals surface area contributed by atoms with Gasteiger partial charge in [-0.3, -0.25) is 0 Å². The van der Waals surface area contributed by atoms with Gasteiger partial charge in [0.15, 0.2) is 0 Å². The number of nitrogen functional groups attached to an aromatic ring is 1. The molecule has 3 rings (SSSR count). The molecule has 0 heterocycles. The summed E-state index contributed by atoms with van der Waals surface area (Å²) >= 11 is 0. The number of halogens is 1. The van der Waals surface area contributed by atoms with Crippen LogP contribution in [0.25, 0.3) is 11.8 Å². The summed E-state index contributed by atoms with van der Waals surface area (Å²) < 4.78 is 13.8. The first-order chi connectivity index (χ1) is 12.5. The molecule has 26 heavy (non-hydrogen) atoms. The molecular weight excluding hydrogens is 325 g/mol. The minimum Gasteiger partial charge on any atom is -0.398 e. The molecule has 0 aromatic heterocycles. The third-order valence-electron chi connectivity index (χ3n) is 4.58. The van der Waals surface area contributed by atoms with Gasteiger partial charge in [0.1, 0.15) is 5.82 Å². The fourth-order valence-electron chi connectivity index (χ4n) is 3.05. The molecule has 3 nitrogen and oxygen atoms in total. The molecule has 1 saturated carbocycles. The number of rotatable bonds is 7. The summed E-state index contributed by atoms with van der Waals surface area (Å²) in [6.07, 6.45) is 6.29. The molecule has 4 N–H and O–H groups in total. The Morgan fingerprint density at radius 2 is 2.04 bits per heavy atom. The molecule has 134 valence electrons. The van der Waals surface area contributed by atoms with E-state index in [9.17, 15) is 4.39 Å². The summed E-state index contributed by atoms with van der Waals surface area (Å²) in [6, 6.07) is 10.8. The minimum atomic E-state index is -0.309. The highest BCUT2D eigenvalue weighted by molar-refractivity contribution is 6.13. The van der Waals surface area contributed by atoms with Gasteiger partial charge in [0.2, 0.25) is 0 Å². The van der Waals surface area contributed by atoms with Crippen molar-refractivity contribution in [3.8, 4) is 0 Å². The lowest BCUT2D eigenvalue weighted by atomic mass is 9.92. The number of nitrogens with one attached hydrogen (secondary N) is 2. The number of nitrogens with two attached hydrogens (primary N) is 1. The van der Waals surface area contributed by atoms with Gasteiger partial charge in [-0.25, -0.2) is 4.39 Å². The van der Waals surface area contributed by atoms with E-state index in [4.69, 9.17) is 11.1 Å². The van der Waals surface area contributed by atoms with Gasteiger partial charge in [0.05, 0.1) is 5.71 Å². The molecule has 0 aliphatic heterocycles. The SMILES string of the molecule is C=C(NC1CC1)c1ccc(N)c(C(=N)/C=C/c2ccccc2F)c1CC. The zero-order valence-corrected chi connectivity index (χ0v) is 15.0. The largest absolute Gasteiger partial charge is 0.398 e. The third-order valence-corrected chi connectivity index (χ3v) is 4.58. The van der Waals surface area contributed by atoms with E-state index in [1.165, 1.54) is 18.9 Å². The van der Waals surface area contributed by atoms with E-state index in [-0.39, 0.29) is 11.5 Å². The molecule has 2 aromatic rings. The van der Waals surface area contributed by atoms with Crippen LogP contribution >= 0.6 is 0 Å². The molecule has 2 aromatic carbocycles. The van der Waals surface area contributed by atoms with E-state index in [0.29, 0.717) is 22.9 Å². The van der Waals surface area contributed by atoms with Crippen LogP contribution in [0.15, 0.2) is 49.1 Å². The van der Waals surface area contributed by atoms with Gasteiger partial charge in [-0.05, 0) is 49.1 Å². The van der Waals surface area contributed by atoms with E-state index >= 15 is 0 Å². The van der Waals surface area contributed by atoms with Gasteiger partial charge in [-0.2, -0.15) is 0 Å². The van der Waals surface area contributed by atoms with Crippen LogP contribution in [0.5, 0.6) is 0 Å². The highest BCUT2D eigenvalue weighted by atomic mass is 19.1. The second-order valence-electron chi connectivity index (χ2n) is 6.58. The van der Waals surface area contributed by atoms with Gasteiger partial charge in [-0.1, -0.05) is 37.8 Å². The Labute approximate surface area is 153 Å². The minimum absolute atomic E-state index is 0.267. The number of benzene rings is 2. The molecule has 0 saturated heterocycles. The Balaban J connectivity index is 1.93. The van der Waals surface area contributed by atoms with E-state index in [0.717, 1.165) is 23.2 Å². The maximum absolute atomic E-state index is 13.8.